The fraction of sp³-hybridized carbons (Fsp3) is 0. The van der Waals surface area contributed by atoms with Crippen molar-refractivity contribution in [3.8, 4) is 0 Å². The minimum atomic E-state index is -0.235. The number of halogens is 3. The van der Waals surface area contributed by atoms with Gasteiger partial charge in [-0.25, -0.2) is 0 Å². The van der Waals surface area contributed by atoms with Gasteiger partial charge in [0, 0.05) is 8.95 Å². The first kappa shape index (κ1) is 13.9. The second kappa shape index (κ2) is 5.61. The van der Waals surface area contributed by atoms with Gasteiger partial charge in [0.15, 0.2) is 0 Å². The molecule has 0 saturated carbocycles. The number of nitrogen functional groups attached to an aromatic ring is 1. The topological polar surface area (TPSA) is 55.1 Å². The van der Waals surface area contributed by atoms with E-state index in [1.54, 1.807) is 18.2 Å². The van der Waals surface area contributed by atoms with Gasteiger partial charge >= 0.3 is 0 Å². The number of anilines is 2. The van der Waals surface area contributed by atoms with Crippen molar-refractivity contribution in [3.05, 3.63) is 42.4 Å². The molecule has 0 aliphatic rings. The normalized spacial score (nSPS) is 10.4. The number of thiophene rings is 1. The van der Waals surface area contributed by atoms with Gasteiger partial charge in [0.2, 0.25) is 0 Å². The Morgan fingerprint density at radius 2 is 2.06 bits per heavy atom. The summed E-state index contributed by atoms with van der Waals surface area (Å²) in [6.45, 7) is 0. The van der Waals surface area contributed by atoms with Gasteiger partial charge in [0.05, 0.1) is 20.6 Å². The lowest BCUT2D eigenvalue weighted by Gasteiger charge is -2.10. The Labute approximate surface area is 130 Å². The summed E-state index contributed by atoms with van der Waals surface area (Å²) in [7, 11) is 0. The van der Waals surface area contributed by atoms with Crippen molar-refractivity contribution >= 4 is 72.1 Å². The van der Waals surface area contributed by atoms with Crippen LogP contribution in [0.5, 0.6) is 0 Å². The van der Waals surface area contributed by atoms with Gasteiger partial charge in [-0.1, -0.05) is 27.5 Å². The van der Waals surface area contributed by atoms with Crippen molar-refractivity contribution in [3.63, 3.8) is 0 Å². The van der Waals surface area contributed by atoms with Crippen LogP contribution in [0.3, 0.4) is 0 Å². The van der Waals surface area contributed by atoms with Gasteiger partial charge in [-0.15, -0.1) is 11.3 Å². The summed E-state index contributed by atoms with van der Waals surface area (Å²) < 4.78 is 2.12. The number of carbonyl (C=O) groups excluding carboxylic acids is 1. The average Bonchev–Trinajstić information content (AvgIpc) is 2.70. The fourth-order valence-electron chi connectivity index (χ4n) is 1.34. The molecule has 1 aromatic carbocycles. The Balaban J connectivity index is 2.27. The van der Waals surface area contributed by atoms with E-state index < -0.39 is 0 Å². The summed E-state index contributed by atoms with van der Waals surface area (Å²) in [5.74, 6) is -0.235. The largest absolute Gasteiger partial charge is 0.397 e. The van der Waals surface area contributed by atoms with E-state index in [9.17, 15) is 4.79 Å². The Bertz CT molecular complexity index is 592. The number of benzene rings is 1. The fourth-order valence-corrected chi connectivity index (χ4v) is 3.63. The van der Waals surface area contributed by atoms with Crippen molar-refractivity contribution in [1.29, 1.82) is 0 Å². The molecule has 2 aromatic rings. The summed E-state index contributed by atoms with van der Waals surface area (Å²) in [5, 5.41) is 2.76. The number of hydrogen-bond acceptors (Lipinski definition) is 3. The van der Waals surface area contributed by atoms with Crippen molar-refractivity contribution in [2.45, 2.75) is 0 Å². The number of rotatable bonds is 2. The average molecular weight is 411 g/mol. The molecule has 0 radical (unpaired) electrons. The molecule has 94 valence electrons. The van der Waals surface area contributed by atoms with Crippen molar-refractivity contribution in [2.75, 3.05) is 11.1 Å². The zero-order valence-electron chi connectivity index (χ0n) is 8.84. The summed E-state index contributed by atoms with van der Waals surface area (Å²) in [4.78, 5) is 12.5. The van der Waals surface area contributed by atoms with E-state index >= 15 is 0 Å². The van der Waals surface area contributed by atoms with Gasteiger partial charge < -0.3 is 11.1 Å². The lowest BCUT2D eigenvalue weighted by molar-refractivity contribution is 0.103. The summed E-state index contributed by atoms with van der Waals surface area (Å²) >= 11 is 13.7. The Morgan fingerprint density at radius 1 is 1.33 bits per heavy atom. The number of nitrogens with two attached hydrogens (primary N) is 1. The van der Waals surface area contributed by atoms with Crippen LogP contribution >= 0.6 is 54.8 Å². The Hall–Kier alpha value is -0.560. The lowest BCUT2D eigenvalue weighted by atomic mass is 10.2. The van der Waals surface area contributed by atoms with Gasteiger partial charge in [-0.05, 0) is 40.2 Å². The predicted molar refractivity (Wildman–Crippen MR) is 83.5 cm³/mol. The second-order valence-corrected chi connectivity index (χ2v) is 6.89. The molecule has 1 amide bonds. The van der Waals surface area contributed by atoms with Crippen LogP contribution in [0.2, 0.25) is 4.34 Å². The zero-order valence-corrected chi connectivity index (χ0v) is 13.6. The van der Waals surface area contributed by atoms with Crippen LogP contribution in [0, 0.1) is 0 Å². The molecule has 3 N–H and O–H groups in total. The van der Waals surface area contributed by atoms with E-state index in [0.29, 0.717) is 25.1 Å². The summed E-state index contributed by atoms with van der Waals surface area (Å²) in [5.41, 5.74) is 6.88. The third-order valence-electron chi connectivity index (χ3n) is 2.12. The summed E-state index contributed by atoms with van der Waals surface area (Å²) in [6, 6.07) is 6.89. The Kier molecular flexibility index (Phi) is 4.32. The quantitative estimate of drug-likeness (QED) is 0.702. The SMILES string of the molecule is Nc1cc(Br)cc(Br)c1NC(=O)c1ccc(Cl)s1. The van der Waals surface area contributed by atoms with Crippen LogP contribution in [-0.2, 0) is 0 Å². The number of carbonyl (C=O) groups is 1. The van der Waals surface area contributed by atoms with Crippen LogP contribution in [0.1, 0.15) is 9.67 Å². The third kappa shape index (κ3) is 3.06. The molecule has 3 nitrogen and oxygen atoms in total. The third-order valence-corrected chi connectivity index (χ3v) is 4.43. The molecule has 0 fully saturated rings. The molecule has 2 rings (SSSR count). The monoisotopic (exact) mass is 408 g/mol. The van der Waals surface area contributed by atoms with E-state index in [0.717, 1.165) is 4.47 Å². The first-order chi connectivity index (χ1) is 8.47. The lowest BCUT2D eigenvalue weighted by Crippen LogP contribution is -2.12. The number of amides is 1. The van der Waals surface area contributed by atoms with Crippen molar-refractivity contribution in [2.24, 2.45) is 0 Å². The smallest absolute Gasteiger partial charge is 0.265 e. The molecule has 0 aliphatic carbocycles. The highest BCUT2D eigenvalue weighted by Gasteiger charge is 2.13. The maximum Gasteiger partial charge on any atom is 0.265 e. The Morgan fingerprint density at radius 3 is 2.61 bits per heavy atom. The minimum Gasteiger partial charge on any atom is -0.397 e. The first-order valence-electron chi connectivity index (χ1n) is 4.78. The van der Waals surface area contributed by atoms with E-state index in [1.165, 1.54) is 11.3 Å². The van der Waals surface area contributed by atoms with Crippen LogP contribution in [0.25, 0.3) is 0 Å². The number of hydrogen-bond donors (Lipinski definition) is 2. The molecule has 7 heteroatoms. The number of nitrogens with one attached hydrogen (secondary N) is 1. The summed E-state index contributed by atoms with van der Waals surface area (Å²) in [6.07, 6.45) is 0. The predicted octanol–water partition coefficient (Wildman–Crippen LogP) is 4.76. The molecular formula is C11H7Br2ClN2OS. The highest BCUT2D eigenvalue weighted by atomic mass is 79.9. The van der Waals surface area contributed by atoms with Gasteiger partial charge in [-0.2, -0.15) is 0 Å². The molecule has 1 aromatic heterocycles. The van der Waals surface area contributed by atoms with Crippen LogP contribution in [0.4, 0.5) is 11.4 Å². The molecule has 0 bridgehead atoms. The van der Waals surface area contributed by atoms with Crippen LogP contribution < -0.4 is 11.1 Å². The van der Waals surface area contributed by atoms with Crippen molar-refractivity contribution < 1.29 is 4.79 Å². The molecule has 0 aliphatic heterocycles. The van der Waals surface area contributed by atoms with Gasteiger partial charge in [0.25, 0.3) is 5.91 Å². The van der Waals surface area contributed by atoms with Gasteiger partial charge in [0.1, 0.15) is 0 Å². The molecule has 1 heterocycles. The van der Waals surface area contributed by atoms with E-state index in [4.69, 9.17) is 17.3 Å². The van der Waals surface area contributed by atoms with E-state index in [1.807, 2.05) is 6.07 Å². The van der Waals surface area contributed by atoms with Gasteiger partial charge in [-0.3, -0.25) is 4.79 Å². The van der Waals surface area contributed by atoms with E-state index in [-0.39, 0.29) is 5.91 Å². The van der Waals surface area contributed by atoms with Crippen LogP contribution in [-0.4, -0.2) is 5.91 Å². The molecular weight excluding hydrogens is 403 g/mol. The standard InChI is InChI=1S/C11H7Br2ClN2OS/c12-5-3-6(13)10(7(15)4-5)16-11(17)8-1-2-9(14)18-8/h1-4H,15H2,(H,16,17). The molecule has 0 saturated heterocycles. The first-order valence-corrected chi connectivity index (χ1v) is 7.56. The minimum absolute atomic E-state index is 0.235. The molecule has 0 unspecified atom stereocenters. The molecule has 18 heavy (non-hydrogen) atoms. The molecule has 0 atom stereocenters. The van der Waals surface area contributed by atoms with E-state index in [2.05, 4.69) is 37.2 Å². The van der Waals surface area contributed by atoms with Crippen molar-refractivity contribution in [1.82, 2.24) is 0 Å². The molecule has 0 spiro atoms. The zero-order chi connectivity index (χ0) is 13.3. The second-order valence-electron chi connectivity index (χ2n) is 3.41. The highest BCUT2D eigenvalue weighted by Crippen LogP contribution is 2.33. The highest BCUT2D eigenvalue weighted by molar-refractivity contribution is 9.11. The maximum atomic E-state index is 12.0. The van der Waals surface area contributed by atoms with Crippen LogP contribution in [0.15, 0.2) is 33.2 Å². The maximum absolute atomic E-state index is 12.0.